The summed E-state index contributed by atoms with van der Waals surface area (Å²) in [4.78, 5) is -0.522. The van der Waals surface area contributed by atoms with E-state index < -0.39 is 30.6 Å². The van der Waals surface area contributed by atoms with Gasteiger partial charge in [-0.05, 0) is 37.0 Å². The lowest BCUT2D eigenvalue weighted by Crippen LogP contribution is -2.30. The van der Waals surface area contributed by atoms with Gasteiger partial charge in [0.2, 0.25) is 10.0 Å². The second-order valence-electron chi connectivity index (χ2n) is 5.26. The Hall–Kier alpha value is -1.19. The van der Waals surface area contributed by atoms with Crippen LogP contribution in [0.25, 0.3) is 0 Å². The van der Waals surface area contributed by atoms with Crippen LogP contribution in [0, 0.1) is 18.7 Å². The maximum atomic E-state index is 13.8. The van der Waals surface area contributed by atoms with Crippen molar-refractivity contribution in [2.24, 2.45) is 5.92 Å². The summed E-state index contributed by atoms with van der Waals surface area (Å²) in [6, 6.07) is 2.13. The van der Waals surface area contributed by atoms with Crippen molar-refractivity contribution in [2.45, 2.75) is 18.2 Å². The Labute approximate surface area is 123 Å². The summed E-state index contributed by atoms with van der Waals surface area (Å²) in [6.45, 7) is 1.54. The van der Waals surface area contributed by atoms with Crippen LogP contribution in [-0.2, 0) is 19.9 Å². The molecule has 9 heteroatoms. The van der Waals surface area contributed by atoms with Crippen molar-refractivity contribution in [3.63, 3.8) is 0 Å². The highest BCUT2D eigenvalue weighted by atomic mass is 32.2. The topological polar surface area (TPSA) is 106 Å². The zero-order chi connectivity index (χ0) is 15.8. The van der Waals surface area contributed by atoms with Gasteiger partial charge in [-0.25, -0.2) is 25.9 Å². The molecule has 0 aliphatic carbocycles. The summed E-state index contributed by atoms with van der Waals surface area (Å²) in [5.74, 6) is -1.15. The Morgan fingerprint density at radius 2 is 2.10 bits per heavy atom. The number of sulfone groups is 1. The van der Waals surface area contributed by atoms with E-state index in [0.717, 1.165) is 12.1 Å². The average molecular weight is 336 g/mol. The molecule has 0 amide bonds. The lowest BCUT2D eigenvalue weighted by Gasteiger charge is -2.12. The maximum Gasteiger partial charge on any atom is 0.243 e. The van der Waals surface area contributed by atoms with E-state index in [1.807, 2.05) is 0 Å². The molecule has 1 atom stereocenters. The molecule has 1 heterocycles. The van der Waals surface area contributed by atoms with E-state index >= 15 is 0 Å². The third-order valence-corrected chi connectivity index (χ3v) is 6.77. The van der Waals surface area contributed by atoms with Gasteiger partial charge >= 0.3 is 0 Å². The van der Waals surface area contributed by atoms with Crippen molar-refractivity contribution < 1.29 is 21.2 Å². The first kappa shape index (κ1) is 16.2. The molecule has 21 heavy (non-hydrogen) atoms. The molecular formula is C12H17FN2O4S2. The maximum absolute atomic E-state index is 13.8. The molecule has 1 saturated heterocycles. The summed E-state index contributed by atoms with van der Waals surface area (Å²) >= 11 is 0. The predicted molar refractivity (Wildman–Crippen MR) is 77.5 cm³/mol. The fourth-order valence-corrected chi connectivity index (χ4v) is 5.28. The molecule has 0 aromatic heterocycles. The van der Waals surface area contributed by atoms with E-state index in [1.54, 1.807) is 6.92 Å². The number of hydrogen-bond acceptors (Lipinski definition) is 5. The van der Waals surface area contributed by atoms with Crippen molar-refractivity contribution in [1.29, 1.82) is 0 Å². The van der Waals surface area contributed by atoms with Gasteiger partial charge in [0.05, 0.1) is 11.5 Å². The van der Waals surface area contributed by atoms with Gasteiger partial charge in [0.15, 0.2) is 9.84 Å². The van der Waals surface area contributed by atoms with Crippen LogP contribution in [-0.4, -0.2) is 34.9 Å². The van der Waals surface area contributed by atoms with Crippen molar-refractivity contribution in [1.82, 2.24) is 4.72 Å². The molecule has 0 bridgehead atoms. The minimum atomic E-state index is -4.05. The van der Waals surface area contributed by atoms with E-state index in [9.17, 15) is 21.2 Å². The fourth-order valence-electron chi connectivity index (χ4n) is 2.21. The highest BCUT2D eigenvalue weighted by Gasteiger charge is 2.29. The molecule has 6 nitrogen and oxygen atoms in total. The first-order valence-electron chi connectivity index (χ1n) is 6.36. The minimum Gasteiger partial charge on any atom is -0.398 e. The van der Waals surface area contributed by atoms with Crippen molar-refractivity contribution >= 4 is 25.5 Å². The standard InChI is InChI=1S/C12H17FN2O4S2/c1-8-4-10(13)12(5-11(8)14)21(18,19)15-6-9-2-3-20(16,17)7-9/h4-5,9,15H,2-3,6-7,14H2,1H3. The van der Waals surface area contributed by atoms with Crippen molar-refractivity contribution in [3.8, 4) is 0 Å². The van der Waals surface area contributed by atoms with Crippen molar-refractivity contribution in [3.05, 3.63) is 23.5 Å². The van der Waals surface area contributed by atoms with Gasteiger partial charge in [-0.15, -0.1) is 0 Å². The highest BCUT2D eigenvalue weighted by Crippen LogP contribution is 2.22. The molecule has 1 aromatic carbocycles. The van der Waals surface area contributed by atoms with Gasteiger partial charge < -0.3 is 5.73 Å². The third-order valence-electron chi connectivity index (χ3n) is 3.50. The molecule has 1 fully saturated rings. The average Bonchev–Trinajstić information content (AvgIpc) is 2.71. The van der Waals surface area contributed by atoms with Gasteiger partial charge in [-0.1, -0.05) is 0 Å². The zero-order valence-corrected chi connectivity index (χ0v) is 13.1. The SMILES string of the molecule is Cc1cc(F)c(S(=O)(=O)NCC2CCS(=O)(=O)C2)cc1N. The molecule has 1 aliphatic heterocycles. The van der Waals surface area contributed by atoms with Crippen LogP contribution < -0.4 is 10.5 Å². The fraction of sp³-hybridized carbons (Fsp3) is 0.500. The number of sulfonamides is 1. The second kappa shape index (κ2) is 5.54. The number of nitrogens with one attached hydrogen (secondary N) is 1. The first-order valence-corrected chi connectivity index (χ1v) is 9.67. The molecule has 1 aromatic rings. The number of halogens is 1. The number of benzene rings is 1. The predicted octanol–water partition coefficient (Wildman–Crippen LogP) is 0.429. The highest BCUT2D eigenvalue weighted by molar-refractivity contribution is 7.91. The van der Waals surface area contributed by atoms with E-state index in [4.69, 9.17) is 5.73 Å². The van der Waals surface area contributed by atoms with E-state index in [0.29, 0.717) is 12.0 Å². The van der Waals surface area contributed by atoms with Crippen LogP contribution in [0.4, 0.5) is 10.1 Å². The zero-order valence-electron chi connectivity index (χ0n) is 11.5. The van der Waals surface area contributed by atoms with Gasteiger partial charge in [0.25, 0.3) is 0 Å². The smallest absolute Gasteiger partial charge is 0.243 e. The Morgan fingerprint density at radius 1 is 1.43 bits per heavy atom. The molecule has 1 aliphatic rings. The van der Waals surface area contributed by atoms with Crippen LogP contribution in [0.1, 0.15) is 12.0 Å². The van der Waals surface area contributed by atoms with Crippen LogP contribution >= 0.6 is 0 Å². The number of nitrogens with two attached hydrogens (primary N) is 1. The van der Waals surface area contributed by atoms with Gasteiger partial charge in [0, 0.05) is 12.2 Å². The number of rotatable bonds is 4. The molecule has 0 spiro atoms. The molecule has 2 rings (SSSR count). The summed E-state index contributed by atoms with van der Waals surface area (Å²) in [5, 5.41) is 0. The Balaban J connectivity index is 2.14. The lowest BCUT2D eigenvalue weighted by molar-refractivity contribution is 0.532. The van der Waals surface area contributed by atoms with Gasteiger partial charge in [-0.3, -0.25) is 0 Å². The van der Waals surface area contributed by atoms with E-state index in [-0.39, 0.29) is 29.7 Å². The summed E-state index contributed by atoms with van der Waals surface area (Å²) in [6.07, 6.45) is 0.406. The quantitative estimate of drug-likeness (QED) is 0.776. The van der Waals surface area contributed by atoms with E-state index in [2.05, 4.69) is 4.72 Å². The number of anilines is 1. The van der Waals surface area contributed by atoms with Gasteiger partial charge in [0.1, 0.15) is 10.7 Å². The number of hydrogen-bond donors (Lipinski definition) is 2. The molecule has 0 radical (unpaired) electrons. The van der Waals surface area contributed by atoms with Crippen LogP contribution in [0.3, 0.4) is 0 Å². The Kier molecular flexibility index (Phi) is 4.27. The van der Waals surface area contributed by atoms with Crippen LogP contribution in [0.2, 0.25) is 0 Å². The lowest BCUT2D eigenvalue weighted by atomic mass is 10.1. The molecule has 1 unspecified atom stereocenters. The second-order valence-corrected chi connectivity index (χ2v) is 9.22. The monoisotopic (exact) mass is 336 g/mol. The molecule has 3 N–H and O–H groups in total. The summed E-state index contributed by atoms with van der Waals surface area (Å²) in [7, 11) is -7.13. The summed E-state index contributed by atoms with van der Waals surface area (Å²) < 4.78 is 62.8. The van der Waals surface area contributed by atoms with Crippen LogP contribution in [0.5, 0.6) is 0 Å². The third kappa shape index (κ3) is 3.72. The van der Waals surface area contributed by atoms with Gasteiger partial charge in [-0.2, -0.15) is 0 Å². The largest absolute Gasteiger partial charge is 0.398 e. The molecular weight excluding hydrogens is 319 g/mol. The first-order chi connectivity index (χ1) is 9.61. The number of aryl methyl sites for hydroxylation is 1. The van der Waals surface area contributed by atoms with Crippen molar-refractivity contribution in [2.75, 3.05) is 23.8 Å². The minimum absolute atomic E-state index is 0.0330. The summed E-state index contributed by atoms with van der Waals surface area (Å²) in [5.41, 5.74) is 6.23. The van der Waals surface area contributed by atoms with E-state index in [1.165, 1.54) is 0 Å². The molecule has 118 valence electrons. The Bertz CT molecular complexity index is 760. The number of nitrogen functional groups attached to an aromatic ring is 1. The Morgan fingerprint density at radius 3 is 2.67 bits per heavy atom. The molecule has 0 saturated carbocycles. The van der Waals surface area contributed by atoms with Crippen LogP contribution in [0.15, 0.2) is 17.0 Å². The normalized spacial score (nSPS) is 21.5.